The highest BCUT2D eigenvalue weighted by atomic mass is 35.5. The van der Waals surface area contributed by atoms with E-state index >= 15 is 0 Å². The number of benzene rings is 1. The molecule has 0 bridgehead atoms. The van der Waals surface area contributed by atoms with Gasteiger partial charge in [-0.2, -0.15) is 0 Å². The van der Waals surface area contributed by atoms with Gasteiger partial charge in [0.2, 0.25) is 5.91 Å². The summed E-state index contributed by atoms with van der Waals surface area (Å²) < 4.78 is 23.7. The molecule has 0 radical (unpaired) electrons. The van der Waals surface area contributed by atoms with Gasteiger partial charge in [0.25, 0.3) is 0 Å². The van der Waals surface area contributed by atoms with E-state index in [4.69, 9.17) is 16.8 Å². The van der Waals surface area contributed by atoms with Crippen molar-refractivity contribution in [3.63, 3.8) is 0 Å². The molecular weight excluding hydrogens is 366 g/mol. The van der Waals surface area contributed by atoms with Crippen LogP contribution in [0.2, 0.25) is 5.02 Å². The Morgan fingerprint density at radius 2 is 1.88 bits per heavy atom. The van der Waals surface area contributed by atoms with Crippen molar-refractivity contribution in [2.24, 2.45) is 11.8 Å². The maximum atomic E-state index is 12.0. The molecule has 2 rings (SSSR count). The number of anilines is 1. The molecule has 7 nitrogen and oxygen atoms in total. The lowest BCUT2D eigenvalue weighted by molar-refractivity contribution is -0.136. The number of piperazine rings is 1. The Kier molecular flexibility index (Phi) is 7.21. The topological polar surface area (TPSA) is 95.9 Å². The molecule has 1 aliphatic rings. The van der Waals surface area contributed by atoms with Crippen molar-refractivity contribution in [3.8, 4) is 0 Å². The number of hydrogen-bond donors (Lipinski definition) is 2. The molecule has 3 atom stereocenters. The van der Waals surface area contributed by atoms with Crippen LogP contribution in [0.15, 0.2) is 24.3 Å². The first-order valence-electron chi connectivity index (χ1n) is 8.12. The molecule has 25 heavy (non-hydrogen) atoms. The second kappa shape index (κ2) is 8.95. The van der Waals surface area contributed by atoms with Gasteiger partial charge in [-0.15, -0.1) is 0 Å². The van der Waals surface area contributed by atoms with E-state index in [0.29, 0.717) is 31.2 Å². The summed E-state index contributed by atoms with van der Waals surface area (Å²) in [5.41, 5.74) is 2.51. The van der Waals surface area contributed by atoms with Gasteiger partial charge in [-0.1, -0.05) is 37.6 Å². The van der Waals surface area contributed by atoms with Crippen LogP contribution in [-0.4, -0.2) is 56.3 Å². The largest absolute Gasteiger partial charge is 0.771 e. The van der Waals surface area contributed by atoms with E-state index in [0.717, 1.165) is 5.69 Å². The highest BCUT2D eigenvalue weighted by Gasteiger charge is 2.37. The van der Waals surface area contributed by atoms with Crippen LogP contribution in [0.3, 0.4) is 0 Å². The Balaban J connectivity index is 2.14. The Labute approximate surface area is 155 Å². The summed E-state index contributed by atoms with van der Waals surface area (Å²) in [5.74, 6) is -1.77. The lowest BCUT2D eigenvalue weighted by Gasteiger charge is -2.44. The van der Waals surface area contributed by atoms with Crippen LogP contribution < -0.4 is 10.4 Å². The minimum atomic E-state index is -2.47. The van der Waals surface area contributed by atoms with Crippen LogP contribution in [0.5, 0.6) is 0 Å². The Morgan fingerprint density at radius 3 is 2.36 bits per heavy atom. The lowest BCUT2D eigenvalue weighted by Crippen LogP contribution is -2.57. The number of carbonyl (C=O) groups excluding carboxylic acids is 1. The van der Waals surface area contributed by atoms with Crippen molar-refractivity contribution in [1.29, 1.82) is 0 Å². The van der Waals surface area contributed by atoms with Gasteiger partial charge in [-0.3, -0.25) is 19.1 Å². The fourth-order valence-electron chi connectivity index (χ4n) is 3.23. The number of para-hydroxylation sites is 1. The number of hydroxylamine groups is 1. The summed E-state index contributed by atoms with van der Waals surface area (Å²) in [5, 5.41) is 8.63. The number of carbonyl (C=O) groups is 1. The highest BCUT2D eigenvalue weighted by Crippen LogP contribution is 2.28. The summed E-state index contributed by atoms with van der Waals surface area (Å²) >= 11 is 3.75. The molecule has 1 amide bonds. The molecule has 1 aromatic carbocycles. The zero-order valence-corrected chi connectivity index (χ0v) is 15.8. The maximum absolute atomic E-state index is 12.0. The van der Waals surface area contributed by atoms with Crippen LogP contribution in [0.1, 0.15) is 13.8 Å². The molecule has 2 N–H and O–H groups in total. The Morgan fingerprint density at radius 1 is 1.28 bits per heavy atom. The second-order valence-corrected chi connectivity index (χ2v) is 7.78. The normalized spacial score (nSPS) is 19.5. The minimum absolute atomic E-state index is 0.239. The quantitative estimate of drug-likeness (QED) is 0.435. The SMILES string of the molecule is CC(C)C(C(=O)NO)C(N1CCN(c2ccccc2Cl)CC1)S(=O)[O-]. The van der Waals surface area contributed by atoms with Crippen LogP contribution in [0.4, 0.5) is 5.69 Å². The zero-order valence-electron chi connectivity index (χ0n) is 14.2. The highest BCUT2D eigenvalue weighted by molar-refractivity contribution is 7.79. The molecule has 1 aliphatic heterocycles. The third-order valence-corrected chi connectivity index (χ3v) is 5.81. The molecule has 1 heterocycles. The molecule has 9 heteroatoms. The van der Waals surface area contributed by atoms with Gasteiger partial charge >= 0.3 is 0 Å². The van der Waals surface area contributed by atoms with Gasteiger partial charge in [-0.05, 0) is 29.1 Å². The Hall–Kier alpha value is -1.19. The first-order valence-corrected chi connectivity index (χ1v) is 9.64. The molecule has 140 valence electrons. The second-order valence-electron chi connectivity index (χ2n) is 6.37. The van der Waals surface area contributed by atoms with Gasteiger partial charge in [0.05, 0.1) is 22.0 Å². The van der Waals surface area contributed by atoms with E-state index in [-0.39, 0.29) is 5.92 Å². The maximum Gasteiger partial charge on any atom is 0.249 e. The van der Waals surface area contributed by atoms with Crippen molar-refractivity contribution < 1.29 is 18.8 Å². The van der Waals surface area contributed by atoms with Crippen molar-refractivity contribution in [1.82, 2.24) is 10.4 Å². The molecule has 1 saturated heterocycles. The van der Waals surface area contributed by atoms with Crippen LogP contribution >= 0.6 is 11.6 Å². The minimum Gasteiger partial charge on any atom is -0.771 e. The predicted molar refractivity (Wildman–Crippen MR) is 96.2 cm³/mol. The van der Waals surface area contributed by atoms with E-state index in [1.165, 1.54) is 0 Å². The monoisotopic (exact) mass is 388 g/mol. The molecule has 0 spiro atoms. The van der Waals surface area contributed by atoms with E-state index < -0.39 is 28.3 Å². The van der Waals surface area contributed by atoms with Gasteiger partial charge in [-0.25, -0.2) is 5.48 Å². The number of hydrogen-bond acceptors (Lipinski definition) is 6. The number of amides is 1. The van der Waals surface area contributed by atoms with Gasteiger partial charge in [0.15, 0.2) is 0 Å². The van der Waals surface area contributed by atoms with E-state index in [2.05, 4.69) is 4.90 Å². The lowest BCUT2D eigenvalue weighted by atomic mass is 9.93. The van der Waals surface area contributed by atoms with Crippen LogP contribution in [0.25, 0.3) is 0 Å². The molecule has 0 saturated carbocycles. The molecule has 0 aromatic heterocycles. The molecule has 0 aliphatic carbocycles. The average molecular weight is 389 g/mol. The number of nitrogens with one attached hydrogen (secondary N) is 1. The van der Waals surface area contributed by atoms with Gasteiger partial charge in [0.1, 0.15) is 0 Å². The third-order valence-electron chi connectivity index (χ3n) is 4.50. The number of halogens is 1. The molecule has 3 unspecified atom stereocenters. The summed E-state index contributed by atoms with van der Waals surface area (Å²) in [4.78, 5) is 15.9. The van der Waals surface area contributed by atoms with Crippen LogP contribution in [0, 0.1) is 11.8 Å². The molecule has 1 aromatic rings. The summed E-state index contributed by atoms with van der Waals surface area (Å²) in [6.07, 6.45) is 0. The molecular formula is C16H23ClN3O4S-. The average Bonchev–Trinajstić information content (AvgIpc) is 2.59. The smallest absolute Gasteiger partial charge is 0.249 e. The Bertz CT molecular complexity index is 623. The van der Waals surface area contributed by atoms with Crippen molar-refractivity contribution >= 4 is 34.3 Å². The molecule has 1 fully saturated rings. The van der Waals surface area contributed by atoms with Gasteiger partial charge in [0, 0.05) is 26.2 Å². The first kappa shape index (κ1) is 20.1. The zero-order chi connectivity index (χ0) is 18.6. The van der Waals surface area contributed by atoms with E-state index in [9.17, 15) is 13.6 Å². The summed E-state index contributed by atoms with van der Waals surface area (Å²) in [6, 6.07) is 7.51. The fraction of sp³-hybridized carbons (Fsp3) is 0.562. The van der Waals surface area contributed by atoms with Crippen LogP contribution in [-0.2, 0) is 15.9 Å². The van der Waals surface area contributed by atoms with Gasteiger partial charge < -0.3 is 9.45 Å². The van der Waals surface area contributed by atoms with E-state index in [1.54, 1.807) is 24.2 Å². The fourth-order valence-corrected chi connectivity index (χ4v) is 4.62. The summed E-state index contributed by atoms with van der Waals surface area (Å²) in [6.45, 7) is 5.68. The number of rotatable bonds is 6. The van der Waals surface area contributed by atoms with Crippen molar-refractivity contribution in [2.45, 2.75) is 19.2 Å². The van der Waals surface area contributed by atoms with Crippen molar-refractivity contribution in [3.05, 3.63) is 29.3 Å². The number of nitrogens with zero attached hydrogens (tertiary/aromatic N) is 2. The standard InChI is InChI=1S/C16H24ClN3O4S/c1-11(2)14(15(21)18-22)16(25(23)24)20-9-7-19(8-10-20)13-6-4-3-5-12(13)17/h3-6,11,14,16,22H,7-10H2,1-2H3,(H,18,21)(H,23,24)/p-1. The first-order chi connectivity index (χ1) is 11.9. The van der Waals surface area contributed by atoms with E-state index in [1.807, 2.05) is 24.3 Å². The summed E-state index contributed by atoms with van der Waals surface area (Å²) in [7, 11) is 0. The predicted octanol–water partition coefficient (Wildman–Crippen LogP) is 1.44. The third kappa shape index (κ3) is 4.71. The van der Waals surface area contributed by atoms with Crippen molar-refractivity contribution in [2.75, 3.05) is 31.1 Å².